The zero-order valence-electron chi connectivity index (χ0n) is 15.2. The highest BCUT2D eigenvalue weighted by Gasteiger charge is 2.47. The van der Waals surface area contributed by atoms with Crippen LogP contribution in [0.3, 0.4) is 0 Å². The van der Waals surface area contributed by atoms with Crippen LogP contribution in [-0.2, 0) is 9.59 Å². The highest BCUT2D eigenvalue weighted by atomic mass is 79.9. The Bertz CT molecular complexity index is 1200. The summed E-state index contributed by atoms with van der Waals surface area (Å²) in [4.78, 5) is 31.5. The van der Waals surface area contributed by atoms with Crippen molar-refractivity contribution in [3.8, 4) is 0 Å². The van der Waals surface area contributed by atoms with Crippen molar-refractivity contribution in [1.82, 2.24) is 4.98 Å². The molecule has 1 N–H and O–H groups in total. The van der Waals surface area contributed by atoms with Gasteiger partial charge in [0.25, 0.3) is 11.7 Å². The number of anilines is 1. The third-order valence-electron chi connectivity index (χ3n) is 4.72. The Morgan fingerprint density at radius 3 is 2.50 bits per heavy atom. The van der Waals surface area contributed by atoms with E-state index in [1.165, 1.54) is 23.1 Å². The first-order valence-electron chi connectivity index (χ1n) is 8.80. The van der Waals surface area contributed by atoms with Crippen LogP contribution in [0.15, 0.2) is 77.0 Å². The summed E-state index contributed by atoms with van der Waals surface area (Å²) in [7, 11) is 0. The molecule has 1 unspecified atom stereocenters. The van der Waals surface area contributed by atoms with Crippen molar-refractivity contribution in [2.24, 2.45) is 0 Å². The van der Waals surface area contributed by atoms with Gasteiger partial charge < -0.3 is 5.11 Å². The van der Waals surface area contributed by atoms with E-state index in [1.807, 2.05) is 6.07 Å². The third kappa shape index (κ3) is 3.62. The number of rotatable bonds is 3. The number of nitrogens with zero attached hydrogens (tertiary/aromatic N) is 2. The second-order valence-corrected chi connectivity index (χ2v) is 8.29. The average Bonchev–Trinajstić information content (AvgIpc) is 3.01. The molecule has 0 aliphatic carbocycles. The summed E-state index contributed by atoms with van der Waals surface area (Å²) in [5.41, 5.74) is 1.32. The van der Waals surface area contributed by atoms with Gasteiger partial charge in [-0.1, -0.05) is 51.3 Å². The van der Waals surface area contributed by atoms with E-state index in [2.05, 4.69) is 20.9 Å². The van der Waals surface area contributed by atoms with E-state index in [1.54, 1.807) is 42.7 Å². The Balaban J connectivity index is 1.95. The van der Waals surface area contributed by atoms with Crippen LogP contribution in [0.2, 0.25) is 10.0 Å². The molecule has 0 saturated carbocycles. The Hall–Kier alpha value is -2.67. The van der Waals surface area contributed by atoms with Crippen LogP contribution < -0.4 is 4.90 Å². The van der Waals surface area contributed by atoms with Crippen LogP contribution in [-0.4, -0.2) is 21.8 Å². The minimum absolute atomic E-state index is 0.0497. The van der Waals surface area contributed by atoms with E-state index < -0.39 is 17.7 Å². The Morgan fingerprint density at radius 2 is 1.83 bits per heavy atom. The molecule has 150 valence electrons. The molecule has 1 fully saturated rings. The van der Waals surface area contributed by atoms with Crippen molar-refractivity contribution in [3.63, 3.8) is 0 Å². The van der Waals surface area contributed by atoms with Crippen molar-refractivity contribution >= 4 is 62.3 Å². The topological polar surface area (TPSA) is 70.5 Å². The zero-order chi connectivity index (χ0) is 21.4. The maximum absolute atomic E-state index is 13.0. The maximum atomic E-state index is 13.0. The Labute approximate surface area is 190 Å². The van der Waals surface area contributed by atoms with Crippen LogP contribution in [0.1, 0.15) is 17.2 Å². The summed E-state index contributed by atoms with van der Waals surface area (Å²) < 4.78 is 0.747. The van der Waals surface area contributed by atoms with Gasteiger partial charge in [0.2, 0.25) is 0 Å². The number of aliphatic hydroxyl groups is 1. The van der Waals surface area contributed by atoms with E-state index >= 15 is 0 Å². The molecule has 0 bridgehead atoms. The smallest absolute Gasteiger partial charge is 0.300 e. The summed E-state index contributed by atoms with van der Waals surface area (Å²) in [5.74, 6) is -1.88. The molecule has 3 aromatic rings. The molecule has 2 aromatic carbocycles. The number of ketones is 1. The van der Waals surface area contributed by atoms with Crippen LogP contribution in [0.5, 0.6) is 0 Å². The first-order chi connectivity index (χ1) is 14.4. The summed E-state index contributed by atoms with van der Waals surface area (Å²) in [5, 5.41) is 11.6. The third-order valence-corrected chi connectivity index (χ3v) is 5.96. The van der Waals surface area contributed by atoms with Crippen molar-refractivity contribution in [1.29, 1.82) is 0 Å². The van der Waals surface area contributed by atoms with E-state index in [0.717, 1.165) is 4.47 Å². The Kier molecular flexibility index (Phi) is 5.64. The largest absolute Gasteiger partial charge is 0.507 e. The van der Waals surface area contributed by atoms with E-state index in [9.17, 15) is 14.7 Å². The van der Waals surface area contributed by atoms with Crippen molar-refractivity contribution < 1.29 is 14.7 Å². The van der Waals surface area contributed by atoms with Gasteiger partial charge in [0.05, 0.1) is 21.7 Å². The van der Waals surface area contributed by atoms with E-state index in [0.29, 0.717) is 16.3 Å². The molecular formula is C22H13BrCl2N2O3. The number of aliphatic hydroxyl groups excluding tert-OH is 1. The second kappa shape index (κ2) is 8.22. The lowest BCUT2D eigenvalue weighted by Crippen LogP contribution is -2.29. The number of Topliss-reactive ketones (excluding diaryl/α,β-unsaturated/α-hetero) is 1. The molecule has 2 heterocycles. The highest BCUT2D eigenvalue weighted by molar-refractivity contribution is 9.10. The fourth-order valence-electron chi connectivity index (χ4n) is 3.38. The molecule has 1 aliphatic heterocycles. The van der Waals surface area contributed by atoms with Crippen molar-refractivity contribution in [2.45, 2.75) is 6.04 Å². The summed E-state index contributed by atoms with van der Waals surface area (Å²) >= 11 is 15.4. The number of halogens is 3. The number of carbonyl (C=O) groups excluding carboxylic acids is 2. The molecule has 1 atom stereocenters. The monoisotopic (exact) mass is 502 g/mol. The number of benzene rings is 2. The molecular weight excluding hydrogens is 491 g/mol. The van der Waals surface area contributed by atoms with Crippen LogP contribution in [0, 0.1) is 0 Å². The van der Waals surface area contributed by atoms with Gasteiger partial charge in [-0.15, -0.1) is 0 Å². The number of pyridine rings is 1. The van der Waals surface area contributed by atoms with Gasteiger partial charge in [-0.2, -0.15) is 0 Å². The normalized spacial score (nSPS) is 18.1. The lowest BCUT2D eigenvalue weighted by atomic mass is 9.96. The number of aromatic nitrogens is 1. The van der Waals surface area contributed by atoms with Gasteiger partial charge >= 0.3 is 0 Å². The molecule has 0 radical (unpaired) electrons. The van der Waals surface area contributed by atoms with Crippen LogP contribution >= 0.6 is 39.1 Å². The second-order valence-electron chi connectivity index (χ2n) is 6.56. The number of hydrogen-bond acceptors (Lipinski definition) is 4. The molecule has 1 aliphatic rings. The van der Waals surface area contributed by atoms with Gasteiger partial charge in [0, 0.05) is 28.1 Å². The van der Waals surface area contributed by atoms with Gasteiger partial charge in [-0.05, 0) is 48.0 Å². The van der Waals surface area contributed by atoms with Gasteiger partial charge in [0.15, 0.2) is 0 Å². The fraction of sp³-hybridized carbons (Fsp3) is 0.0455. The molecule has 4 rings (SSSR count). The quantitative estimate of drug-likeness (QED) is 0.279. The van der Waals surface area contributed by atoms with E-state index in [-0.39, 0.29) is 21.9 Å². The molecule has 5 nitrogen and oxygen atoms in total. The Morgan fingerprint density at radius 1 is 1.03 bits per heavy atom. The SMILES string of the molecule is O=C1C(=O)N(c2cccc(Br)c2)C(c2cccnc2)/C1=C(\O)c1ccc(Cl)c(Cl)c1. The summed E-state index contributed by atoms with van der Waals surface area (Å²) in [6.45, 7) is 0. The van der Waals surface area contributed by atoms with Crippen LogP contribution in [0.25, 0.3) is 5.76 Å². The zero-order valence-corrected chi connectivity index (χ0v) is 18.3. The molecule has 1 amide bonds. The minimum atomic E-state index is -0.859. The summed E-state index contributed by atoms with van der Waals surface area (Å²) in [6.07, 6.45) is 3.15. The first kappa shape index (κ1) is 20.6. The predicted molar refractivity (Wildman–Crippen MR) is 120 cm³/mol. The average molecular weight is 504 g/mol. The molecule has 0 spiro atoms. The van der Waals surface area contributed by atoms with Gasteiger partial charge in [0.1, 0.15) is 5.76 Å². The fourth-order valence-corrected chi connectivity index (χ4v) is 4.06. The van der Waals surface area contributed by atoms with Gasteiger partial charge in [-0.25, -0.2) is 0 Å². The molecule has 1 saturated heterocycles. The molecule has 1 aromatic heterocycles. The van der Waals surface area contributed by atoms with Crippen molar-refractivity contribution in [3.05, 3.63) is 98.2 Å². The number of amides is 1. The number of hydrogen-bond donors (Lipinski definition) is 1. The summed E-state index contributed by atoms with van der Waals surface area (Å²) in [6, 6.07) is 14.1. The highest BCUT2D eigenvalue weighted by Crippen LogP contribution is 2.42. The van der Waals surface area contributed by atoms with Crippen molar-refractivity contribution in [2.75, 3.05) is 4.90 Å². The lowest BCUT2D eigenvalue weighted by molar-refractivity contribution is -0.132. The first-order valence-corrected chi connectivity index (χ1v) is 10.4. The maximum Gasteiger partial charge on any atom is 0.300 e. The minimum Gasteiger partial charge on any atom is -0.507 e. The standard InChI is InChI=1S/C22H13BrCl2N2O3/c23-14-4-1-5-15(10-14)27-19(13-3-2-8-26-11-13)18(21(29)22(27)30)20(28)12-6-7-16(24)17(25)9-12/h1-11,19,28H/b20-18+. The van der Waals surface area contributed by atoms with E-state index in [4.69, 9.17) is 23.2 Å². The van der Waals surface area contributed by atoms with Crippen LogP contribution in [0.4, 0.5) is 5.69 Å². The lowest BCUT2D eigenvalue weighted by Gasteiger charge is -2.25. The molecule has 30 heavy (non-hydrogen) atoms. The van der Waals surface area contributed by atoms with Gasteiger partial charge in [-0.3, -0.25) is 19.5 Å². The number of carbonyl (C=O) groups is 2. The predicted octanol–water partition coefficient (Wildman–Crippen LogP) is 5.78. The molecule has 8 heteroatoms.